The number of likely N-dealkylation sites (tertiary alicyclic amines) is 2. The molecular weight excluding hydrogens is 506 g/mol. The van der Waals surface area contributed by atoms with E-state index in [9.17, 15) is 26.3 Å². The van der Waals surface area contributed by atoms with Crippen molar-refractivity contribution in [2.75, 3.05) is 32.8 Å². The Kier molecular flexibility index (Phi) is 10.8. The van der Waals surface area contributed by atoms with Gasteiger partial charge in [-0.05, 0) is 56.1 Å². The molecule has 1 aromatic heterocycles. The summed E-state index contributed by atoms with van der Waals surface area (Å²) in [5.74, 6) is -4.77. The maximum absolute atomic E-state index is 10.6. The van der Waals surface area contributed by atoms with Crippen LogP contribution in [0.4, 0.5) is 26.3 Å². The van der Waals surface area contributed by atoms with Crippen molar-refractivity contribution in [3.8, 4) is 0 Å². The summed E-state index contributed by atoms with van der Waals surface area (Å²) in [4.78, 5) is 24.7. The number of ether oxygens (including phenoxy) is 1. The van der Waals surface area contributed by atoms with Gasteiger partial charge >= 0.3 is 24.3 Å². The van der Waals surface area contributed by atoms with Crippen LogP contribution in [-0.2, 0) is 20.9 Å². The second-order valence-electron chi connectivity index (χ2n) is 8.43. The minimum Gasteiger partial charge on any atom is -0.475 e. The molecule has 0 bridgehead atoms. The Labute approximate surface area is 202 Å². The first-order valence-electron chi connectivity index (χ1n) is 11.0. The average Bonchev–Trinajstić information content (AvgIpc) is 3.47. The normalized spacial score (nSPS) is 25.5. The van der Waals surface area contributed by atoms with E-state index in [1.54, 1.807) is 0 Å². The Morgan fingerprint density at radius 1 is 1.00 bits per heavy atom. The van der Waals surface area contributed by atoms with E-state index in [1.165, 1.54) is 56.7 Å². The average molecular weight is 535 g/mol. The van der Waals surface area contributed by atoms with Gasteiger partial charge < -0.3 is 14.9 Å². The summed E-state index contributed by atoms with van der Waals surface area (Å²) in [5.41, 5.74) is 0. The number of piperidine rings is 1. The third-order valence-corrected chi connectivity index (χ3v) is 6.73. The lowest BCUT2D eigenvalue weighted by molar-refractivity contribution is -0.193. The molecule has 0 spiro atoms. The molecule has 4 heterocycles. The van der Waals surface area contributed by atoms with Crippen LogP contribution in [0.3, 0.4) is 0 Å². The van der Waals surface area contributed by atoms with Crippen LogP contribution in [0.15, 0.2) is 17.5 Å². The van der Waals surface area contributed by atoms with Gasteiger partial charge in [-0.25, -0.2) is 9.59 Å². The largest absolute Gasteiger partial charge is 0.490 e. The van der Waals surface area contributed by atoms with Gasteiger partial charge in [0.2, 0.25) is 0 Å². The number of hydrogen-bond acceptors (Lipinski definition) is 6. The Morgan fingerprint density at radius 2 is 1.57 bits per heavy atom. The minimum absolute atomic E-state index is 0.497. The molecule has 7 nitrogen and oxygen atoms in total. The summed E-state index contributed by atoms with van der Waals surface area (Å²) in [6.45, 7) is 7.10. The van der Waals surface area contributed by atoms with E-state index in [2.05, 4.69) is 27.3 Å². The van der Waals surface area contributed by atoms with Gasteiger partial charge in [0.1, 0.15) is 0 Å². The van der Waals surface area contributed by atoms with Crippen molar-refractivity contribution in [2.24, 2.45) is 5.92 Å². The monoisotopic (exact) mass is 534 g/mol. The van der Waals surface area contributed by atoms with Crippen molar-refractivity contribution in [3.63, 3.8) is 0 Å². The number of carboxylic acid groups (broad SMARTS) is 2. The molecule has 3 aliphatic heterocycles. The highest BCUT2D eigenvalue weighted by molar-refractivity contribution is 7.09. The third-order valence-electron chi connectivity index (χ3n) is 5.87. The lowest BCUT2D eigenvalue weighted by atomic mass is 9.84. The summed E-state index contributed by atoms with van der Waals surface area (Å²) in [6, 6.07) is 5.08. The van der Waals surface area contributed by atoms with Gasteiger partial charge in [0, 0.05) is 37.2 Å². The maximum Gasteiger partial charge on any atom is 0.490 e. The van der Waals surface area contributed by atoms with Crippen molar-refractivity contribution >= 4 is 23.3 Å². The third kappa shape index (κ3) is 9.58. The number of hydrogen-bond donors (Lipinski definition) is 2. The molecule has 0 amide bonds. The summed E-state index contributed by atoms with van der Waals surface area (Å²) in [7, 11) is 0. The fourth-order valence-electron chi connectivity index (χ4n) is 4.41. The molecule has 0 aromatic carbocycles. The quantitative estimate of drug-likeness (QED) is 0.565. The zero-order chi connectivity index (χ0) is 26.2. The van der Waals surface area contributed by atoms with Crippen molar-refractivity contribution in [1.82, 2.24) is 9.80 Å². The first-order chi connectivity index (χ1) is 16.3. The van der Waals surface area contributed by atoms with E-state index in [0.717, 1.165) is 19.1 Å². The Bertz CT molecular complexity index is 775. The summed E-state index contributed by atoms with van der Waals surface area (Å²) < 4.78 is 69.7. The predicted molar refractivity (Wildman–Crippen MR) is 114 cm³/mol. The highest BCUT2D eigenvalue weighted by Crippen LogP contribution is 2.33. The molecular formula is C21H28F6N2O5S. The minimum atomic E-state index is -5.08. The second kappa shape index (κ2) is 12.9. The molecule has 0 unspecified atom stereocenters. The highest BCUT2D eigenvalue weighted by Gasteiger charge is 2.42. The first-order valence-corrected chi connectivity index (χ1v) is 11.9. The summed E-state index contributed by atoms with van der Waals surface area (Å²) >= 11 is 1.89. The SMILES string of the molecule is O=C(O)C(F)(F)F.O=C(O)C(F)(F)F.c1csc(CN2C[C@@H]3CCCO[C@@H]3[C@H](N3CCCC3)C2)c1. The van der Waals surface area contributed by atoms with Crippen LogP contribution in [0.5, 0.6) is 0 Å². The standard InChI is InChI=1S/C17H26N2OS.2C2HF3O2/c1-2-8-19(7-1)16-13-18(12-15-6-4-10-21-15)11-14-5-3-9-20-17(14)16;2*3-2(4,5)1(6)7/h4,6,10,14,16-17H,1-3,5,7-9,11-13H2;2*(H,6,7)/t14-,16+,17-;;/m0../s1. The molecule has 14 heteroatoms. The van der Waals surface area contributed by atoms with Crippen LogP contribution < -0.4 is 0 Å². The molecule has 4 rings (SSSR count). The molecule has 1 aromatic rings. The summed E-state index contributed by atoms with van der Waals surface area (Å²) in [6.07, 6.45) is -4.31. The van der Waals surface area contributed by atoms with Crippen molar-refractivity contribution in [3.05, 3.63) is 22.4 Å². The number of carbonyl (C=O) groups is 2. The van der Waals surface area contributed by atoms with Crippen LogP contribution >= 0.6 is 11.3 Å². The van der Waals surface area contributed by atoms with Crippen molar-refractivity contribution < 1.29 is 50.9 Å². The number of carboxylic acids is 2. The molecule has 3 atom stereocenters. The van der Waals surface area contributed by atoms with Gasteiger partial charge in [-0.15, -0.1) is 11.3 Å². The van der Waals surface area contributed by atoms with E-state index in [1.807, 2.05) is 11.3 Å². The molecule has 0 radical (unpaired) electrons. The molecule has 0 aliphatic carbocycles. The number of fused-ring (bicyclic) bond motifs is 1. The molecule has 200 valence electrons. The van der Waals surface area contributed by atoms with E-state index in [-0.39, 0.29) is 0 Å². The van der Waals surface area contributed by atoms with Gasteiger partial charge in [-0.3, -0.25) is 9.80 Å². The topological polar surface area (TPSA) is 90.3 Å². The van der Waals surface area contributed by atoms with Crippen molar-refractivity contribution in [1.29, 1.82) is 0 Å². The predicted octanol–water partition coefficient (Wildman–Crippen LogP) is 4.09. The molecule has 0 saturated carbocycles. The fraction of sp³-hybridized carbons (Fsp3) is 0.714. The maximum atomic E-state index is 10.6. The molecule has 2 N–H and O–H groups in total. The lowest BCUT2D eigenvalue weighted by Gasteiger charge is -2.48. The van der Waals surface area contributed by atoms with E-state index >= 15 is 0 Å². The number of thiophene rings is 1. The zero-order valence-electron chi connectivity index (χ0n) is 18.7. The molecule has 3 aliphatic rings. The Morgan fingerprint density at radius 3 is 2.06 bits per heavy atom. The Hall–Kier alpha value is -1.90. The number of aliphatic carboxylic acids is 2. The Balaban J connectivity index is 0.000000257. The first kappa shape index (κ1) is 29.3. The van der Waals surface area contributed by atoms with Gasteiger partial charge in [-0.1, -0.05) is 6.07 Å². The lowest BCUT2D eigenvalue weighted by Crippen LogP contribution is -2.60. The van der Waals surface area contributed by atoms with Crippen LogP contribution in [0, 0.1) is 5.92 Å². The van der Waals surface area contributed by atoms with Crippen molar-refractivity contribution in [2.45, 2.75) is 56.7 Å². The smallest absolute Gasteiger partial charge is 0.475 e. The van der Waals surface area contributed by atoms with Gasteiger partial charge in [-0.2, -0.15) is 26.3 Å². The van der Waals surface area contributed by atoms with E-state index in [0.29, 0.717) is 12.1 Å². The molecule has 3 saturated heterocycles. The summed E-state index contributed by atoms with van der Waals surface area (Å²) in [5, 5.41) is 16.4. The van der Waals surface area contributed by atoms with Crippen LogP contribution in [0.2, 0.25) is 0 Å². The zero-order valence-corrected chi connectivity index (χ0v) is 19.5. The number of alkyl halides is 6. The highest BCUT2D eigenvalue weighted by atomic mass is 32.1. The van der Waals surface area contributed by atoms with E-state index in [4.69, 9.17) is 24.5 Å². The molecule has 35 heavy (non-hydrogen) atoms. The fourth-order valence-corrected chi connectivity index (χ4v) is 5.16. The van der Waals surface area contributed by atoms with Gasteiger partial charge in [0.05, 0.1) is 6.10 Å². The second-order valence-corrected chi connectivity index (χ2v) is 9.46. The van der Waals surface area contributed by atoms with Gasteiger partial charge in [0.25, 0.3) is 0 Å². The number of halogens is 6. The number of nitrogens with zero attached hydrogens (tertiary/aromatic N) is 2. The van der Waals surface area contributed by atoms with E-state index < -0.39 is 24.3 Å². The number of rotatable bonds is 3. The van der Waals surface area contributed by atoms with Gasteiger partial charge in [0.15, 0.2) is 0 Å². The molecule has 3 fully saturated rings. The van der Waals surface area contributed by atoms with Crippen LogP contribution in [0.1, 0.15) is 30.6 Å². The van der Waals surface area contributed by atoms with Crippen LogP contribution in [0.25, 0.3) is 0 Å². The van der Waals surface area contributed by atoms with Crippen LogP contribution in [-0.4, -0.2) is 89.2 Å².